The maximum absolute atomic E-state index is 11.4. The molecule has 1 aromatic rings. The largest absolute Gasteiger partial charge is 0.378 e. The van der Waals surface area contributed by atoms with Crippen molar-refractivity contribution in [1.29, 1.82) is 0 Å². The lowest BCUT2D eigenvalue weighted by atomic mass is 10.1. The number of carbonyl (C=O) groups is 1. The molecule has 0 bridgehead atoms. The van der Waals surface area contributed by atoms with E-state index < -0.39 is 16.9 Å². The molecule has 1 unspecified atom stereocenters. The minimum Gasteiger partial charge on any atom is -0.378 e. The second-order valence-electron chi connectivity index (χ2n) is 4.68. The summed E-state index contributed by atoms with van der Waals surface area (Å²) < 4.78 is 5.24. The number of nitrogens with two attached hydrogens (primary N) is 2. The van der Waals surface area contributed by atoms with Gasteiger partial charge in [-0.25, -0.2) is 0 Å². The molecule has 1 aliphatic heterocycles. The van der Waals surface area contributed by atoms with Crippen molar-refractivity contribution in [2.24, 2.45) is 11.6 Å². The molecule has 0 spiro atoms. The molecule has 0 saturated carbocycles. The minimum atomic E-state index is -0.552. The number of hydrogen-bond acceptors (Lipinski definition) is 7. The fourth-order valence-electron chi connectivity index (χ4n) is 2.35. The van der Waals surface area contributed by atoms with E-state index in [1.807, 2.05) is 4.90 Å². The molecule has 1 heterocycles. The summed E-state index contributed by atoms with van der Waals surface area (Å²) in [6, 6.07) is 4.11. The first-order valence-electron chi connectivity index (χ1n) is 6.38. The standard InChI is InChI=1S/C12H17N5O4/c13-12(18)10-7-21-5-4-16(10)6-8-2-1-3-9(17(19)20)11(8)15-14/h1-3,10,15H,4-7,14H2,(H2,13,18). The number of nitrogen functional groups attached to an aromatic ring is 1. The van der Waals surface area contributed by atoms with Gasteiger partial charge in [-0.3, -0.25) is 25.7 Å². The third-order valence-electron chi connectivity index (χ3n) is 3.41. The third kappa shape index (κ3) is 3.27. The zero-order valence-corrected chi connectivity index (χ0v) is 11.3. The van der Waals surface area contributed by atoms with Crippen molar-refractivity contribution in [2.45, 2.75) is 12.6 Å². The Morgan fingerprint density at radius 1 is 1.57 bits per heavy atom. The molecule has 1 saturated heterocycles. The maximum Gasteiger partial charge on any atom is 0.293 e. The number of hydrogen-bond donors (Lipinski definition) is 3. The number of ether oxygens (including phenoxy) is 1. The van der Waals surface area contributed by atoms with Gasteiger partial charge >= 0.3 is 0 Å². The third-order valence-corrected chi connectivity index (χ3v) is 3.41. The van der Waals surface area contributed by atoms with Gasteiger partial charge in [0.1, 0.15) is 11.7 Å². The van der Waals surface area contributed by atoms with Crippen LogP contribution in [0.5, 0.6) is 0 Å². The molecule has 9 nitrogen and oxygen atoms in total. The molecule has 2 rings (SSSR count). The van der Waals surface area contributed by atoms with Crippen LogP contribution in [0.1, 0.15) is 5.56 Å². The zero-order valence-electron chi connectivity index (χ0n) is 11.3. The van der Waals surface area contributed by atoms with Crippen LogP contribution in [0.4, 0.5) is 11.4 Å². The van der Waals surface area contributed by atoms with Gasteiger partial charge in [-0.05, 0) is 5.56 Å². The van der Waals surface area contributed by atoms with E-state index in [-0.39, 0.29) is 18.0 Å². The fourth-order valence-corrected chi connectivity index (χ4v) is 2.35. The Labute approximate surface area is 121 Å². The van der Waals surface area contributed by atoms with Crippen LogP contribution in [0.3, 0.4) is 0 Å². The Balaban J connectivity index is 2.27. The van der Waals surface area contributed by atoms with E-state index in [9.17, 15) is 14.9 Å². The molecule has 1 fully saturated rings. The first-order chi connectivity index (χ1) is 10.0. The molecular formula is C12H17N5O4. The average molecular weight is 295 g/mol. The number of primary amides is 1. The Morgan fingerprint density at radius 3 is 2.95 bits per heavy atom. The van der Waals surface area contributed by atoms with Crippen molar-refractivity contribution >= 4 is 17.3 Å². The van der Waals surface area contributed by atoms with Gasteiger partial charge in [0.25, 0.3) is 5.69 Å². The molecule has 5 N–H and O–H groups in total. The van der Waals surface area contributed by atoms with Gasteiger partial charge in [-0.2, -0.15) is 0 Å². The number of morpholine rings is 1. The van der Waals surface area contributed by atoms with Crippen LogP contribution in [0.25, 0.3) is 0 Å². The first kappa shape index (κ1) is 15.2. The van der Waals surface area contributed by atoms with E-state index in [0.717, 1.165) is 0 Å². The molecule has 21 heavy (non-hydrogen) atoms. The highest BCUT2D eigenvalue weighted by molar-refractivity contribution is 5.80. The lowest BCUT2D eigenvalue weighted by molar-refractivity contribution is -0.384. The van der Waals surface area contributed by atoms with Crippen molar-refractivity contribution in [3.8, 4) is 0 Å². The van der Waals surface area contributed by atoms with Crippen LogP contribution in [0, 0.1) is 10.1 Å². The van der Waals surface area contributed by atoms with Gasteiger partial charge in [0.2, 0.25) is 5.91 Å². The normalized spacial score (nSPS) is 19.2. The smallest absolute Gasteiger partial charge is 0.293 e. The van der Waals surface area contributed by atoms with Gasteiger partial charge in [0.05, 0.1) is 18.1 Å². The topological polar surface area (TPSA) is 137 Å². The molecule has 114 valence electrons. The van der Waals surface area contributed by atoms with Crippen LogP contribution in [0.15, 0.2) is 18.2 Å². The van der Waals surface area contributed by atoms with E-state index >= 15 is 0 Å². The number of amides is 1. The van der Waals surface area contributed by atoms with E-state index in [1.165, 1.54) is 6.07 Å². The van der Waals surface area contributed by atoms with Crippen molar-refractivity contribution in [3.05, 3.63) is 33.9 Å². The van der Waals surface area contributed by atoms with Crippen molar-refractivity contribution < 1.29 is 14.5 Å². The number of para-hydroxylation sites is 1. The number of nitrogens with one attached hydrogen (secondary N) is 1. The quantitative estimate of drug-likeness (QED) is 0.380. The lowest BCUT2D eigenvalue weighted by Crippen LogP contribution is -2.51. The second kappa shape index (κ2) is 6.48. The van der Waals surface area contributed by atoms with Crippen LogP contribution < -0.4 is 17.0 Å². The number of nitro benzene ring substituents is 1. The lowest BCUT2D eigenvalue weighted by Gasteiger charge is -2.33. The first-order valence-corrected chi connectivity index (χ1v) is 6.38. The number of anilines is 1. The summed E-state index contributed by atoms with van der Waals surface area (Å²) in [5.41, 5.74) is 8.46. The number of benzene rings is 1. The van der Waals surface area contributed by atoms with Gasteiger partial charge in [-0.1, -0.05) is 12.1 Å². The summed E-state index contributed by atoms with van der Waals surface area (Å²) in [4.78, 5) is 23.8. The van der Waals surface area contributed by atoms with Crippen LogP contribution in [-0.2, 0) is 16.1 Å². The summed E-state index contributed by atoms with van der Waals surface area (Å²) in [6.07, 6.45) is 0. The number of rotatable bonds is 5. The van der Waals surface area contributed by atoms with E-state index in [1.54, 1.807) is 12.1 Å². The van der Waals surface area contributed by atoms with E-state index in [0.29, 0.717) is 25.3 Å². The van der Waals surface area contributed by atoms with Gasteiger partial charge in [-0.15, -0.1) is 0 Å². The number of hydrazine groups is 1. The summed E-state index contributed by atoms with van der Waals surface area (Å²) >= 11 is 0. The molecule has 0 aliphatic carbocycles. The van der Waals surface area contributed by atoms with Crippen molar-refractivity contribution in [2.75, 3.05) is 25.2 Å². The minimum absolute atomic E-state index is 0.112. The summed E-state index contributed by atoms with van der Waals surface area (Å²) in [5.74, 6) is 4.92. The highest BCUT2D eigenvalue weighted by atomic mass is 16.6. The molecule has 9 heteroatoms. The maximum atomic E-state index is 11.4. The van der Waals surface area contributed by atoms with Crippen molar-refractivity contribution in [3.63, 3.8) is 0 Å². The highest BCUT2D eigenvalue weighted by Crippen LogP contribution is 2.29. The number of nitro groups is 1. The Kier molecular flexibility index (Phi) is 4.68. The number of carbonyl (C=O) groups excluding carboxylic acids is 1. The fraction of sp³-hybridized carbons (Fsp3) is 0.417. The summed E-state index contributed by atoms with van der Waals surface area (Å²) in [6.45, 7) is 1.53. The molecule has 1 amide bonds. The second-order valence-corrected chi connectivity index (χ2v) is 4.68. The highest BCUT2D eigenvalue weighted by Gasteiger charge is 2.29. The van der Waals surface area contributed by atoms with E-state index in [4.69, 9.17) is 16.3 Å². The SMILES string of the molecule is NNc1c(CN2CCOCC2C(N)=O)cccc1[N+](=O)[O-]. The predicted molar refractivity (Wildman–Crippen MR) is 75.1 cm³/mol. The molecular weight excluding hydrogens is 278 g/mol. The van der Waals surface area contributed by atoms with Crippen LogP contribution >= 0.6 is 0 Å². The zero-order chi connectivity index (χ0) is 15.4. The molecule has 1 aromatic carbocycles. The van der Waals surface area contributed by atoms with Crippen molar-refractivity contribution in [1.82, 2.24) is 4.90 Å². The van der Waals surface area contributed by atoms with Gasteiger partial charge < -0.3 is 15.9 Å². The Morgan fingerprint density at radius 2 is 2.33 bits per heavy atom. The van der Waals surface area contributed by atoms with Gasteiger partial charge in [0.15, 0.2) is 0 Å². The molecule has 0 aromatic heterocycles. The predicted octanol–water partition coefficient (Wildman–Crippen LogP) is -0.433. The molecule has 1 atom stereocenters. The summed E-state index contributed by atoms with van der Waals surface area (Å²) in [5, 5.41) is 11.0. The summed E-state index contributed by atoms with van der Waals surface area (Å²) in [7, 11) is 0. The monoisotopic (exact) mass is 295 g/mol. The number of nitrogens with zero attached hydrogens (tertiary/aromatic N) is 2. The van der Waals surface area contributed by atoms with Crippen LogP contribution in [-0.4, -0.2) is 41.5 Å². The van der Waals surface area contributed by atoms with Gasteiger partial charge in [0, 0.05) is 19.2 Å². The average Bonchev–Trinajstić information content (AvgIpc) is 2.47. The van der Waals surface area contributed by atoms with E-state index in [2.05, 4.69) is 5.43 Å². The molecule has 1 aliphatic rings. The van der Waals surface area contributed by atoms with Crippen LogP contribution in [0.2, 0.25) is 0 Å². The Hall–Kier alpha value is -2.23. The molecule has 0 radical (unpaired) electrons. The Bertz CT molecular complexity index is 550.